The van der Waals surface area contributed by atoms with Crippen molar-refractivity contribution in [1.29, 1.82) is 0 Å². The average Bonchev–Trinajstić information content (AvgIpc) is 2.61. The highest BCUT2D eigenvalue weighted by Gasteiger charge is 2.26. The summed E-state index contributed by atoms with van der Waals surface area (Å²) < 4.78 is 0. The number of benzene rings is 2. The Kier molecular flexibility index (Phi) is 5.87. The molecule has 3 rings (SSSR count). The second kappa shape index (κ2) is 8.31. The number of aryl methyl sites for hydroxylation is 2. The Hall–Kier alpha value is -1.60. The average molecular weight is 307 g/mol. The molecule has 2 aromatic rings. The van der Waals surface area contributed by atoms with Gasteiger partial charge in [0.2, 0.25) is 0 Å². The highest BCUT2D eigenvalue weighted by Crippen LogP contribution is 2.27. The van der Waals surface area contributed by atoms with Gasteiger partial charge in [-0.1, -0.05) is 67.1 Å². The monoisotopic (exact) mass is 307 g/mol. The van der Waals surface area contributed by atoms with Crippen LogP contribution in [0, 0.1) is 0 Å². The van der Waals surface area contributed by atoms with Crippen molar-refractivity contribution in [3.8, 4) is 0 Å². The van der Waals surface area contributed by atoms with E-state index in [1.54, 1.807) is 0 Å². The molecular formula is C22H29N. The van der Waals surface area contributed by atoms with Gasteiger partial charge >= 0.3 is 0 Å². The zero-order valence-electron chi connectivity index (χ0n) is 14.3. The van der Waals surface area contributed by atoms with Crippen LogP contribution in [0.25, 0.3) is 0 Å². The molecule has 0 saturated carbocycles. The van der Waals surface area contributed by atoms with E-state index in [4.69, 9.17) is 0 Å². The molecule has 23 heavy (non-hydrogen) atoms. The lowest BCUT2D eigenvalue weighted by Crippen LogP contribution is -2.44. The molecular weight excluding hydrogens is 278 g/mol. The van der Waals surface area contributed by atoms with Gasteiger partial charge in [0, 0.05) is 12.1 Å². The molecule has 0 aliphatic carbocycles. The minimum atomic E-state index is 0.754. The van der Waals surface area contributed by atoms with E-state index >= 15 is 0 Å². The number of nitrogens with zero attached hydrogens (tertiary/aromatic N) is 1. The van der Waals surface area contributed by atoms with Gasteiger partial charge in [-0.05, 0) is 56.7 Å². The van der Waals surface area contributed by atoms with Crippen molar-refractivity contribution in [2.24, 2.45) is 0 Å². The molecule has 1 nitrogen and oxygen atoms in total. The Morgan fingerprint density at radius 3 is 1.61 bits per heavy atom. The van der Waals surface area contributed by atoms with Crippen molar-refractivity contribution in [3.05, 3.63) is 71.8 Å². The molecule has 1 fully saturated rings. The minimum Gasteiger partial charge on any atom is -0.300 e. The first-order chi connectivity index (χ1) is 11.3. The lowest BCUT2D eigenvalue weighted by atomic mass is 9.89. The van der Waals surface area contributed by atoms with Crippen molar-refractivity contribution in [2.45, 2.75) is 57.0 Å². The van der Waals surface area contributed by atoms with Gasteiger partial charge in [-0.15, -0.1) is 0 Å². The molecule has 0 amide bonds. The normalized spacial score (nSPS) is 22.1. The smallest absolute Gasteiger partial charge is 0.00983 e. The van der Waals surface area contributed by atoms with Crippen molar-refractivity contribution in [3.63, 3.8) is 0 Å². The van der Waals surface area contributed by atoms with E-state index in [9.17, 15) is 0 Å². The Morgan fingerprint density at radius 1 is 0.739 bits per heavy atom. The third kappa shape index (κ3) is 4.68. The molecule has 0 unspecified atom stereocenters. The molecule has 122 valence electrons. The molecule has 1 aliphatic heterocycles. The van der Waals surface area contributed by atoms with Crippen LogP contribution in [0.4, 0.5) is 0 Å². The predicted octanol–water partition coefficient (Wildman–Crippen LogP) is 5.10. The molecule has 0 radical (unpaired) electrons. The van der Waals surface area contributed by atoms with E-state index in [-0.39, 0.29) is 0 Å². The van der Waals surface area contributed by atoms with Crippen LogP contribution in [0.5, 0.6) is 0 Å². The maximum Gasteiger partial charge on any atom is 0.00983 e. The summed E-state index contributed by atoms with van der Waals surface area (Å²) in [6.45, 7) is 0. The zero-order valence-corrected chi connectivity index (χ0v) is 14.3. The second-order valence-corrected chi connectivity index (χ2v) is 6.95. The van der Waals surface area contributed by atoms with Gasteiger partial charge in [0.1, 0.15) is 0 Å². The number of piperidine rings is 1. The second-order valence-electron chi connectivity index (χ2n) is 6.95. The summed E-state index contributed by atoms with van der Waals surface area (Å²) >= 11 is 0. The van der Waals surface area contributed by atoms with Crippen molar-refractivity contribution in [2.75, 3.05) is 7.05 Å². The topological polar surface area (TPSA) is 3.24 Å². The van der Waals surface area contributed by atoms with E-state index in [1.165, 1.54) is 56.1 Å². The van der Waals surface area contributed by atoms with Crippen LogP contribution < -0.4 is 0 Å². The van der Waals surface area contributed by atoms with Gasteiger partial charge in [-0.3, -0.25) is 0 Å². The fourth-order valence-corrected chi connectivity index (χ4v) is 3.95. The number of hydrogen-bond donors (Lipinski definition) is 0. The van der Waals surface area contributed by atoms with E-state index < -0.39 is 0 Å². The molecule has 1 saturated heterocycles. The quantitative estimate of drug-likeness (QED) is 0.717. The van der Waals surface area contributed by atoms with Gasteiger partial charge in [0.25, 0.3) is 0 Å². The SMILES string of the molecule is CN1[C@H](CCc2ccccc2)CCC[C@H]1CCc1ccccc1. The van der Waals surface area contributed by atoms with Gasteiger partial charge in [0.15, 0.2) is 0 Å². The van der Waals surface area contributed by atoms with E-state index in [0.29, 0.717) is 0 Å². The summed E-state index contributed by atoms with van der Waals surface area (Å²) in [7, 11) is 2.35. The highest BCUT2D eigenvalue weighted by atomic mass is 15.2. The number of rotatable bonds is 6. The maximum atomic E-state index is 2.68. The molecule has 1 aliphatic rings. The molecule has 1 heterocycles. The zero-order chi connectivity index (χ0) is 15.9. The summed E-state index contributed by atoms with van der Waals surface area (Å²) in [5.41, 5.74) is 2.96. The van der Waals surface area contributed by atoms with E-state index in [0.717, 1.165) is 12.1 Å². The van der Waals surface area contributed by atoms with Crippen molar-refractivity contribution in [1.82, 2.24) is 4.90 Å². The molecule has 2 aromatic carbocycles. The molecule has 0 bridgehead atoms. The summed E-state index contributed by atoms with van der Waals surface area (Å²) in [4.78, 5) is 2.68. The third-order valence-electron chi connectivity index (χ3n) is 5.44. The molecule has 2 atom stereocenters. The first-order valence-corrected chi connectivity index (χ1v) is 9.13. The Balaban J connectivity index is 1.50. The summed E-state index contributed by atoms with van der Waals surface area (Å²) in [6, 6.07) is 23.4. The Labute approximate surface area is 141 Å². The molecule has 1 heteroatoms. The lowest BCUT2D eigenvalue weighted by Gasteiger charge is -2.40. The summed E-state index contributed by atoms with van der Waals surface area (Å²) in [5.74, 6) is 0. The molecule has 0 aromatic heterocycles. The number of likely N-dealkylation sites (tertiary alicyclic amines) is 1. The van der Waals surface area contributed by atoms with Crippen LogP contribution >= 0.6 is 0 Å². The van der Waals surface area contributed by atoms with E-state index in [1.807, 2.05) is 0 Å². The highest BCUT2D eigenvalue weighted by molar-refractivity contribution is 5.16. The van der Waals surface area contributed by atoms with Crippen LogP contribution in [0.1, 0.15) is 43.2 Å². The van der Waals surface area contributed by atoms with Crippen LogP contribution in [0.15, 0.2) is 60.7 Å². The van der Waals surface area contributed by atoms with Crippen LogP contribution in [0.3, 0.4) is 0 Å². The third-order valence-corrected chi connectivity index (χ3v) is 5.44. The minimum absolute atomic E-state index is 0.754. The lowest BCUT2D eigenvalue weighted by molar-refractivity contribution is 0.103. The van der Waals surface area contributed by atoms with Gasteiger partial charge < -0.3 is 4.90 Å². The van der Waals surface area contributed by atoms with Crippen LogP contribution in [-0.4, -0.2) is 24.0 Å². The fraction of sp³-hybridized carbons (Fsp3) is 0.455. The first kappa shape index (κ1) is 16.3. The van der Waals surface area contributed by atoms with Crippen molar-refractivity contribution >= 4 is 0 Å². The molecule has 0 N–H and O–H groups in total. The first-order valence-electron chi connectivity index (χ1n) is 9.13. The maximum absolute atomic E-state index is 2.68. The largest absolute Gasteiger partial charge is 0.300 e. The van der Waals surface area contributed by atoms with Gasteiger partial charge in [-0.25, -0.2) is 0 Å². The van der Waals surface area contributed by atoms with Crippen LogP contribution in [0.2, 0.25) is 0 Å². The predicted molar refractivity (Wildman–Crippen MR) is 98.7 cm³/mol. The summed E-state index contributed by atoms with van der Waals surface area (Å²) in [6.07, 6.45) is 9.13. The Bertz CT molecular complexity index is 512. The standard InChI is InChI=1S/C22H29N/c1-23-21(17-15-19-9-4-2-5-10-19)13-8-14-22(23)18-16-20-11-6-3-7-12-20/h2-7,9-12,21-22H,8,13-18H2,1H3/t21-,22-/m0/s1. The summed E-state index contributed by atoms with van der Waals surface area (Å²) in [5, 5.41) is 0. The molecule has 0 spiro atoms. The van der Waals surface area contributed by atoms with Gasteiger partial charge in [-0.2, -0.15) is 0 Å². The fourth-order valence-electron chi connectivity index (χ4n) is 3.95. The van der Waals surface area contributed by atoms with Gasteiger partial charge in [0.05, 0.1) is 0 Å². The number of hydrogen-bond acceptors (Lipinski definition) is 1. The Morgan fingerprint density at radius 2 is 1.17 bits per heavy atom. The van der Waals surface area contributed by atoms with Crippen molar-refractivity contribution < 1.29 is 0 Å². The van der Waals surface area contributed by atoms with Crippen LogP contribution in [-0.2, 0) is 12.8 Å². The van der Waals surface area contributed by atoms with E-state index in [2.05, 4.69) is 72.6 Å².